The highest BCUT2D eigenvalue weighted by Gasteiger charge is 2.35. The number of hydrogen-bond donors (Lipinski definition) is 2. The number of anilines is 1. The van der Waals surface area contributed by atoms with Crippen molar-refractivity contribution in [1.82, 2.24) is 4.98 Å². The zero-order valence-electron chi connectivity index (χ0n) is 17.5. The van der Waals surface area contributed by atoms with Gasteiger partial charge >= 0.3 is 18.1 Å². The van der Waals surface area contributed by atoms with E-state index in [1.54, 1.807) is 19.1 Å². The second-order valence-electron chi connectivity index (χ2n) is 7.09. The number of aromatic nitrogens is 1. The summed E-state index contributed by atoms with van der Waals surface area (Å²) in [5, 5.41) is 19.0. The van der Waals surface area contributed by atoms with E-state index in [1.165, 1.54) is 12.1 Å². The van der Waals surface area contributed by atoms with Gasteiger partial charge in [0.2, 0.25) is 5.88 Å². The zero-order valence-corrected chi connectivity index (χ0v) is 17.5. The van der Waals surface area contributed by atoms with E-state index in [1.807, 2.05) is 0 Å². The fraction of sp³-hybridized carbons (Fsp3) is 0.130. The van der Waals surface area contributed by atoms with Gasteiger partial charge in [-0.05, 0) is 49.4 Å². The number of rotatable bonds is 7. The lowest BCUT2D eigenvalue weighted by Gasteiger charge is -2.23. The number of aliphatic carboxylic acids is 1. The molecule has 0 spiro atoms. The Morgan fingerprint density at radius 3 is 2.29 bits per heavy atom. The summed E-state index contributed by atoms with van der Waals surface area (Å²) >= 11 is 0. The first-order valence-electron chi connectivity index (χ1n) is 9.65. The van der Waals surface area contributed by atoms with Crippen LogP contribution in [0.25, 0.3) is 0 Å². The van der Waals surface area contributed by atoms with Gasteiger partial charge in [0.05, 0.1) is 11.3 Å². The Bertz CT molecular complexity index is 1240. The van der Waals surface area contributed by atoms with E-state index < -0.39 is 47.6 Å². The largest absolute Gasteiger partial charge is 0.480 e. The molecule has 0 radical (unpaired) electrons. The van der Waals surface area contributed by atoms with Crippen molar-refractivity contribution < 1.29 is 42.5 Å². The number of carboxylic acids is 2. The van der Waals surface area contributed by atoms with Gasteiger partial charge in [0.25, 0.3) is 5.91 Å². The number of ether oxygens (including phenoxy) is 1. The van der Waals surface area contributed by atoms with Crippen LogP contribution in [0.1, 0.15) is 31.8 Å². The van der Waals surface area contributed by atoms with E-state index in [2.05, 4.69) is 4.98 Å². The molecule has 3 rings (SSSR count). The average molecular weight is 474 g/mol. The van der Waals surface area contributed by atoms with Crippen LogP contribution < -0.4 is 9.64 Å². The van der Waals surface area contributed by atoms with Crippen molar-refractivity contribution in [2.24, 2.45) is 0 Å². The van der Waals surface area contributed by atoms with Gasteiger partial charge in [0.1, 0.15) is 17.9 Å². The van der Waals surface area contributed by atoms with Gasteiger partial charge in [0, 0.05) is 11.8 Å². The Morgan fingerprint density at radius 1 is 1.03 bits per heavy atom. The third kappa shape index (κ3) is 5.49. The lowest BCUT2D eigenvalue weighted by Crippen LogP contribution is -2.36. The summed E-state index contributed by atoms with van der Waals surface area (Å²) in [7, 11) is 0. The third-order valence-corrected chi connectivity index (χ3v) is 4.62. The summed E-state index contributed by atoms with van der Waals surface area (Å²) in [5.41, 5.74) is -1.03. The number of alkyl halides is 3. The number of amides is 1. The van der Waals surface area contributed by atoms with Gasteiger partial charge < -0.3 is 14.9 Å². The molecule has 0 aliphatic rings. The predicted octanol–water partition coefficient (Wildman–Crippen LogP) is 4.63. The smallest absolute Gasteiger partial charge is 0.421 e. The summed E-state index contributed by atoms with van der Waals surface area (Å²) in [6, 6.07) is 11.1. The van der Waals surface area contributed by atoms with Crippen molar-refractivity contribution in [2.45, 2.75) is 13.1 Å². The first kappa shape index (κ1) is 24.2. The second-order valence-corrected chi connectivity index (χ2v) is 7.09. The molecule has 0 unspecified atom stereocenters. The van der Waals surface area contributed by atoms with Crippen LogP contribution in [0.5, 0.6) is 11.6 Å². The number of hydrogen-bond acceptors (Lipinski definition) is 5. The molecule has 2 aromatic carbocycles. The molecule has 0 atom stereocenters. The van der Waals surface area contributed by atoms with Crippen LogP contribution >= 0.6 is 0 Å². The summed E-state index contributed by atoms with van der Waals surface area (Å²) in [4.78, 5) is 40.6. The highest BCUT2D eigenvalue weighted by Crippen LogP contribution is 2.37. The molecular formula is C23H17F3N2O6. The fourth-order valence-electron chi connectivity index (χ4n) is 3.04. The van der Waals surface area contributed by atoms with Gasteiger partial charge in [-0.1, -0.05) is 17.7 Å². The molecule has 0 aliphatic heterocycles. The van der Waals surface area contributed by atoms with E-state index in [0.29, 0.717) is 0 Å². The van der Waals surface area contributed by atoms with E-state index in [4.69, 9.17) is 4.74 Å². The average Bonchev–Trinajstić information content (AvgIpc) is 2.77. The van der Waals surface area contributed by atoms with Crippen LogP contribution in [-0.4, -0.2) is 39.6 Å². The van der Waals surface area contributed by atoms with E-state index in [-0.39, 0.29) is 17.0 Å². The molecule has 0 saturated heterocycles. The van der Waals surface area contributed by atoms with Gasteiger partial charge in [-0.25, -0.2) is 9.78 Å². The number of carbonyl (C=O) groups excluding carboxylic acids is 1. The molecule has 176 valence electrons. The SMILES string of the molecule is Cc1ccc(C(=O)N(CC(=O)O)c2ccc(Oc3ncccc3C(F)(F)F)cc2C(=O)O)cc1. The maximum atomic E-state index is 13.2. The number of halogens is 3. The fourth-order valence-corrected chi connectivity index (χ4v) is 3.04. The highest BCUT2D eigenvalue weighted by atomic mass is 19.4. The van der Waals surface area contributed by atoms with Crippen molar-refractivity contribution in [3.05, 3.63) is 83.0 Å². The predicted molar refractivity (Wildman–Crippen MR) is 113 cm³/mol. The Kier molecular flexibility index (Phi) is 6.85. The van der Waals surface area contributed by atoms with Crippen LogP contribution in [0.15, 0.2) is 60.8 Å². The molecule has 1 aromatic heterocycles. The molecule has 0 aliphatic carbocycles. The second kappa shape index (κ2) is 9.61. The number of benzene rings is 2. The summed E-state index contributed by atoms with van der Waals surface area (Å²) in [6.07, 6.45) is -3.69. The topological polar surface area (TPSA) is 117 Å². The Balaban J connectivity index is 2.04. The van der Waals surface area contributed by atoms with Crippen LogP contribution in [0, 0.1) is 6.92 Å². The third-order valence-electron chi connectivity index (χ3n) is 4.62. The minimum atomic E-state index is -4.77. The Morgan fingerprint density at radius 2 is 1.71 bits per heavy atom. The van der Waals surface area contributed by atoms with Crippen LogP contribution in [-0.2, 0) is 11.0 Å². The summed E-state index contributed by atoms with van der Waals surface area (Å²) in [6.45, 7) is 0.933. The van der Waals surface area contributed by atoms with Crippen LogP contribution in [0.3, 0.4) is 0 Å². The normalized spacial score (nSPS) is 11.1. The van der Waals surface area contributed by atoms with Crippen molar-refractivity contribution in [3.63, 3.8) is 0 Å². The number of carbonyl (C=O) groups is 3. The van der Waals surface area contributed by atoms with Gasteiger partial charge in [-0.3, -0.25) is 14.5 Å². The van der Waals surface area contributed by atoms with Gasteiger partial charge in [0.15, 0.2) is 0 Å². The number of nitrogens with zero attached hydrogens (tertiary/aromatic N) is 2. The van der Waals surface area contributed by atoms with Crippen LogP contribution in [0.2, 0.25) is 0 Å². The minimum absolute atomic E-state index is 0.117. The Labute approximate surface area is 190 Å². The van der Waals surface area contributed by atoms with E-state index in [0.717, 1.165) is 47.0 Å². The summed E-state index contributed by atoms with van der Waals surface area (Å²) in [5.74, 6) is -4.83. The summed E-state index contributed by atoms with van der Waals surface area (Å²) < 4.78 is 44.8. The Hall–Kier alpha value is -4.41. The maximum Gasteiger partial charge on any atom is 0.421 e. The molecule has 11 heteroatoms. The van der Waals surface area contributed by atoms with Gasteiger partial charge in [-0.15, -0.1) is 0 Å². The van der Waals surface area contributed by atoms with E-state index >= 15 is 0 Å². The quantitative estimate of drug-likeness (QED) is 0.513. The molecular weight excluding hydrogens is 457 g/mol. The lowest BCUT2D eigenvalue weighted by atomic mass is 10.1. The van der Waals surface area contributed by atoms with Crippen molar-refractivity contribution in [1.29, 1.82) is 0 Å². The molecule has 3 aromatic rings. The molecule has 2 N–H and O–H groups in total. The monoisotopic (exact) mass is 474 g/mol. The maximum absolute atomic E-state index is 13.2. The van der Waals surface area contributed by atoms with Crippen molar-refractivity contribution in [3.8, 4) is 11.6 Å². The first-order valence-corrected chi connectivity index (χ1v) is 9.65. The van der Waals surface area contributed by atoms with E-state index in [9.17, 15) is 37.8 Å². The standard InChI is InChI=1S/C23H17F3N2O6/c1-13-4-6-14(7-5-13)21(31)28(12-19(29)30)18-9-8-15(11-16(18)22(32)33)34-20-17(23(24,25)26)3-2-10-27-20/h2-11H,12H2,1H3,(H,29,30)(H,32,33). The minimum Gasteiger partial charge on any atom is -0.480 e. The number of aryl methyl sites for hydroxylation is 1. The molecule has 1 amide bonds. The molecule has 0 bridgehead atoms. The lowest BCUT2D eigenvalue weighted by molar-refractivity contribution is -0.139. The zero-order chi connectivity index (χ0) is 25.0. The number of pyridine rings is 1. The first-order chi connectivity index (χ1) is 16.0. The van der Waals surface area contributed by atoms with Crippen molar-refractivity contribution in [2.75, 3.05) is 11.4 Å². The molecule has 0 fully saturated rings. The number of carboxylic acid groups (broad SMARTS) is 2. The molecule has 1 heterocycles. The molecule has 34 heavy (non-hydrogen) atoms. The van der Waals surface area contributed by atoms with Gasteiger partial charge in [-0.2, -0.15) is 13.2 Å². The molecule has 0 saturated carbocycles. The highest BCUT2D eigenvalue weighted by molar-refractivity contribution is 6.11. The van der Waals surface area contributed by atoms with Crippen molar-refractivity contribution >= 4 is 23.5 Å². The molecule has 8 nitrogen and oxygen atoms in total. The number of aromatic carboxylic acids is 1. The van der Waals surface area contributed by atoms with Crippen LogP contribution in [0.4, 0.5) is 18.9 Å².